The van der Waals surface area contributed by atoms with Gasteiger partial charge in [-0.15, -0.1) is 11.3 Å². The number of esters is 1. The third-order valence-electron chi connectivity index (χ3n) is 4.94. The van der Waals surface area contributed by atoms with Gasteiger partial charge in [0.2, 0.25) is 0 Å². The molecule has 0 spiro atoms. The normalized spacial score (nSPS) is 13.3. The van der Waals surface area contributed by atoms with E-state index in [-0.39, 0.29) is 23.4 Å². The number of nitrogens with zero attached hydrogens (tertiary/aromatic N) is 3. The monoisotopic (exact) mass is 398 g/mol. The molecule has 3 aromatic rings. The first-order chi connectivity index (χ1) is 13.5. The van der Waals surface area contributed by atoms with Crippen LogP contribution in [-0.4, -0.2) is 20.9 Å². The summed E-state index contributed by atoms with van der Waals surface area (Å²) in [4.78, 5) is 33.9. The number of rotatable bonds is 4. The van der Waals surface area contributed by atoms with Gasteiger partial charge in [0.05, 0.1) is 15.9 Å². The summed E-state index contributed by atoms with van der Waals surface area (Å²) in [6, 6.07) is 4.30. The molecule has 0 bridgehead atoms. The van der Waals surface area contributed by atoms with Gasteiger partial charge in [0.25, 0.3) is 5.69 Å². The molecule has 28 heavy (non-hydrogen) atoms. The first kappa shape index (κ1) is 18.3. The van der Waals surface area contributed by atoms with Crippen LogP contribution in [0.4, 0.5) is 11.5 Å². The van der Waals surface area contributed by atoms with Crippen LogP contribution < -0.4 is 5.73 Å². The lowest BCUT2D eigenvalue weighted by Gasteiger charge is -2.11. The number of carbonyl (C=O) groups excluding carboxylic acids is 1. The van der Waals surface area contributed by atoms with E-state index in [2.05, 4.69) is 9.97 Å². The number of ether oxygens (including phenoxy) is 1. The van der Waals surface area contributed by atoms with E-state index in [1.54, 1.807) is 11.3 Å². The average molecular weight is 398 g/mol. The van der Waals surface area contributed by atoms with Gasteiger partial charge in [0.15, 0.2) is 12.4 Å². The second-order valence-electron chi connectivity index (χ2n) is 6.70. The number of nitro benzene ring substituents is 1. The van der Waals surface area contributed by atoms with E-state index in [4.69, 9.17) is 10.5 Å². The van der Waals surface area contributed by atoms with Crippen LogP contribution in [0.2, 0.25) is 0 Å². The second-order valence-corrected chi connectivity index (χ2v) is 7.78. The van der Waals surface area contributed by atoms with Crippen molar-refractivity contribution >= 4 is 39.0 Å². The number of anilines is 1. The molecule has 0 amide bonds. The lowest BCUT2D eigenvalue weighted by Crippen LogP contribution is -2.10. The number of aromatic nitrogens is 2. The van der Waals surface area contributed by atoms with Crippen molar-refractivity contribution in [3.05, 3.63) is 55.7 Å². The topological polar surface area (TPSA) is 121 Å². The molecule has 9 heteroatoms. The van der Waals surface area contributed by atoms with Crippen molar-refractivity contribution in [2.45, 2.75) is 39.2 Å². The summed E-state index contributed by atoms with van der Waals surface area (Å²) in [5, 5.41) is 12.0. The van der Waals surface area contributed by atoms with Gasteiger partial charge in [0, 0.05) is 16.5 Å². The van der Waals surface area contributed by atoms with Gasteiger partial charge >= 0.3 is 5.97 Å². The van der Waals surface area contributed by atoms with Crippen LogP contribution in [0.1, 0.15) is 45.0 Å². The third kappa shape index (κ3) is 3.18. The van der Waals surface area contributed by atoms with E-state index in [1.807, 2.05) is 0 Å². The van der Waals surface area contributed by atoms with Gasteiger partial charge in [-0.05, 0) is 44.2 Å². The SMILES string of the molecule is Cc1c(C(=O)OCc2nc(N)c3c4c(sc3n2)CCCC4)cccc1[N+](=O)[O-]. The molecule has 1 aromatic carbocycles. The van der Waals surface area contributed by atoms with E-state index in [1.165, 1.54) is 42.0 Å². The first-order valence-electron chi connectivity index (χ1n) is 8.93. The highest BCUT2D eigenvalue weighted by molar-refractivity contribution is 7.19. The number of fused-ring (bicyclic) bond motifs is 3. The van der Waals surface area contributed by atoms with E-state index >= 15 is 0 Å². The van der Waals surface area contributed by atoms with Crippen LogP contribution in [0, 0.1) is 17.0 Å². The summed E-state index contributed by atoms with van der Waals surface area (Å²) >= 11 is 1.62. The van der Waals surface area contributed by atoms with Crippen molar-refractivity contribution in [1.82, 2.24) is 9.97 Å². The zero-order chi connectivity index (χ0) is 19.8. The molecule has 0 radical (unpaired) electrons. The average Bonchev–Trinajstić information content (AvgIpc) is 3.05. The Hall–Kier alpha value is -3.07. The van der Waals surface area contributed by atoms with Gasteiger partial charge in [-0.1, -0.05) is 6.07 Å². The number of aryl methyl sites for hydroxylation is 2. The maximum atomic E-state index is 12.4. The highest BCUT2D eigenvalue weighted by Crippen LogP contribution is 2.37. The Morgan fingerprint density at radius 3 is 2.89 bits per heavy atom. The van der Waals surface area contributed by atoms with Crippen LogP contribution in [-0.2, 0) is 24.2 Å². The lowest BCUT2D eigenvalue weighted by molar-refractivity contribution is -0.385. The number of benzene rings is 1. The summed E-state index contributed by atoms with van der Waals surface area (Å²) in [6.07, 6.45) is 4.33. The van der Waals surface area contributed by atoms with Crippen LogP contribution in [0.3, 0.4) is 0 Å². The first-order valence-corrected chi connectivity index (χ1v) is 9.75. The highest BCUT2D eigenvalue weighted by Gasteiger charge is 2.22. The fraction of sp³-hybridized carbons (Fsp3) is 0.316. The van der Waals surface area contributed by atoms with Crippen molar-refractivity contribution in [1.29, 1.82) is 0 Å². The molecule has 0 saturated heterocycles. The zero-order valence-corrected chi connectivity index (χ0v) is 16.0. The molecule has 2 N–H and O–H groups in total. The smallest absolute Gasteiger partial charge is 0.339 e. The summed E-state index contributed by atoms with van der Waals surface area (Å²) in [7, 11) is 0. The van der Waals surface area contributed by atoms with Crippen LogP contribution in [0.15, 0.2) is 18.2 Å². The molecule has 0 fully saturated rings. The Kier molecular flexibility index (Phi) is 4.68. The number of hydrogen-bond donors (Lipinski definition) is 1. The second kappa shape index (κ2) is 7.16. The minimum atomic E-state index is -0.658. The molecule has 0 aliphatic heterocycles. The molecule has 1 aliphatic rings. The molecule has 0 saturated carbocycles. The minimum absolute atomic E-state index is 0.125. The van der Waals surface area contributed by atoms with Gasteiger partial charge in [-0.2, -0.15) is 0 Å². The molecule has 4 rings (SSSR count). The zero-order valence-electron chi connectivity index (χ0n) is 15.2. The molecule has 1 aliphatic carbocycles. The number of hydrogen-bond acceptors (Lipinski definition) is 8. The maximum Gasteiger partial charge on any atom is 0.339 e. The number of carbonyl (C=O) groups is 1. The lowest BCUT2D eigenvalue weighted by atomic mass is 9.97. The number of nitrogen functional groups attached to an aromatic ring is 1. The minimum Gasteiger partial charge on any atom is -0.454 e. The predicted octanol–water partition coefficient (Wildman–Crippen LogP) is 3.73. The molecule has 0 atom stereocenters. The van der Waals surface area contributed by atoms with E-state index in [9.17, 15) is 14.9 Å². The van der Waals surface area contributed by atoms with Gasteiger partial charge < -0.3 is 10.5 Å². The molecule has 144 valence electrons. The Morgan fingerprint density at radius 1 is 1.32 bits per heavy atom. The van der Waals surface area contributed by atoms with Crippen LogP contribution in [0.5, 0.6) is 0 Å². The van der Waals surface area contributed by atoms with Crippen LogP contribution in [0.25, 0.3) is 10.2 Å². The number of nitro groups is 1. The van der Waals surface area contributed by atoms with Crippen molar-refractivity contribution in [2.24, 2.45) is 0 Å². The van der Waals surface area contributed by atoms with Crippen molar-refractivity contribution in [3.63, 3.8) is 0 Å². The van der Waals surface area contributed by atoms with Gasteiger partial charge in [-0.25, -0.2) is 14.8 Å². The molecule has 0 unspecified atom stereocenters. The van der Waals surface area contributed by atoms with Gasteiger partial charge in [0.1, 0.15) is 10.6 Å². The fourth-order valence-corrected chi connectivity index (χ4v) is 4.83. The van der Waals surface area contributed by atoms with Crippen molar-refractivity contribution in [3.8, 4) is 0 Å². The number of nitrogens with two attached hydrogens (primary N) is 1. The Labute approximate surface area is 164 Å². The summed E-state index contributed by atoms with van der Waals surface area (Å²) in [5.41, 5.74) is 7.70. The Morgan fingerprint density at radius 2 is 2.11 bits per heavy atom. The molecular weight excluding hydrogens is 380 g/mol. The van der Waals surface area contributed by atoms with Gasteiger partial charge in [-0.3, -0.25) is 10.1 Å². The molecule has 2 aromatic heterocycles. The summed E-state index contributed by atoms with van der Waals surface area (Å²) in [6.45, 7) is 1.37. The quantitative estimate of drug-likeness (QED) is 0.404. The molecule has 2 heterocycles. The molecular formula is C19H18N4O4S. The maximum absolute atomic E-state index is 12.4. The predicted molar refractivity (Wildman–Crippen MR) is 105 cm³/mol. The largest absolute Gasteiger partial charge is 0.454 e. The highest BCUT2D eigenvalue weighted by atomic mass is 32.1. The Bertz CT molecular complexity index is 1110. The summed E-state index contributed by atoms with van der Waals surface area (Å²) < 4.78 is 5.30. The van der Waals surface area contributed by atoms with E-state index in [0.29, 0.717) is 11.6 Å². The number of thiophene rings is 1. The van der Waals surface area contributed by atoms with Crippen molar-refractivity contribution < 1.29 is 14.5 Å². The Balaban J connectivity index is 1.57. The van der Waals surface area contributed by atoms with E-state index < -0.39 is 10.9 Å². The third-order valence-corrected chi connectivity index (χ3v) is 6.13. The van der Waals surface area contributed by atoms with Crippen LogP contribution >= 0.6 is 11.3 Å². The fourth-order valence-electron chi connectivity index (χ4n) is 3.55. The van der Waals surface area contributed by atoms with E-state index in [0.717, 1.165) is 29.5 Å². The molecule has 8 nitrogen and oxygen atoms in total. The summed E-state index contributed by atoms with van der Waals surface area (Å²) in [5.74, 6) is 0.0657. The standard InChI is InChI=1S/C19H18N4O4S/c1-10-11(6-4-7-13(10)23(25)26)19(24)27-9-15-21-17(20)16-12-5-2-3-8-14(12)28-18(16)22-15/h4,6-7H,2-3,5,8-9H2,1H3,(H2,20,21,22). The van der Waals surface area contributed by atoms with Crippen molar-refractivity contribution in [2.75, 3.05) is 5.73 Å².